The van der Waals surface area contributed by atoms with Crippen molar-refractivity contribution in [2.75, 3.05) is 0 Å². The van der Waals surface area contributed by atoms with E-state index in [1.54, 1.807) is 0 Å². The van der Waals surface area contributed by atoms with Crippen molar-refractivity contribution in [2.45, 2.75) is 25.8 Å². The number of nitrogens with one attached hydrogen (secondary N) is 1. The van der Waals surface area contributed by atoms with E-state index >= 15 is 0 Å². The highest BCUT2D eigenvalue weighted by molar-refractivity contribution is 6.83. The van der Waals surface area contributed by atoms with E-state index in [-0.39, 0.29) is 32.6 Å². The standard InChI is InChI=1S/C16H12Cl2F3N3Si/c1-25(2,3)5-4-10-13(8-22)23-24-15(10)14-11(17)6-9(7-12(14)18)16(19,20)21/h6-7H,1-3H3,(H,23,24). The van der Waals surface area contributed by atoms with Crippen molar-refractivity contribution in [1.82, 2.24) is 10.2 Å². The molecular weight excluding hydrogens is 390 g/mol. The number of aromatic nitrogens is 2. The molecule has 0 spiro atoms. The fourth-order valence-electron chi connectivity index (χ4n) is 1.95. The van der Waals surface area contributed by atoms with Gasteiger partial charge in [-0.05, 0) is 12.1 Å². The Morgan fingerprint density at radius 1 is 1.16 bits per heavy atom. The number of halogens is 5. The summed E-state index contributed by atoms with van der Waals surface area (Å²) in [5, 5.41) is 15.2. The minimum Gasteiger partial charge on any atom is -0.275 e. The van der Waals surface area contributed by atoms with E-state index in [0.717, 1.165) is 12.1 Å². The maximum atomic E-state index is 12.9. The van der Waals surface area contributed by atoms with Crippen molar-refractivity contribution in [2.24, 2.45) is 0 Å². The fraction of sp³-hybridized carbons (Fsp3) is 0.250. The van der Waals surface area contributed by atoms with Crippen LogP contribution in [0.2, 0.25) is 29.7 Å². The average Bonchev–Trinajstić information content (AvgIpc) is 2.85. The van der Waals surface area contributed by atoms with E-state index in [1.165, 1.54) is 0 Å². The molecule has 0 saturated carbocycles. The van der Waals surface area contributed by atoms with E-state index in [1.807, 2.05) is 25.7 Å². The minimum atomic E-state index is -4.57. The largest absolute Gasteiger partial charge is 0.416 e. The van der Waals surface area contributed by atoms with Crippen LogP contribution in [0.15, 0.2) is 12.1 Å². The predicted molar refractivity (Wildman–Crippen MR) is 94.0 cm³/mol. The third kappa shape index (κ3) is 4.38. The predicted octanol–water partition coefficient (Wildman–Crippen LogP) is 5.50. The molecule has 0 radical (unpaired) electrons. The summed E-state index contributed by atoms with van der Waals surface area (Å²) in [6, 6.07) is 3.47. The molecule has 0 atom stereocenters. The van der Waals surface area contributed by atoms with Gasteiger partial charge in [0.05, 0.1) is 26.9 Å². The Morgan fingerprint density at radius 3 is 2.16 bits per heavy atom. The summed E-state index contributed by atoms with van der Waals surface area (Å²) in [6.07, 6.45) is -4.57. The lowest BCUT2D eigenvalue weighted by Crippen LogP contribution is -2.16. The summed E-state index contributed by atoms with van der Waals surface area (Å²) in [5.41, 5.74) is 2.80. The highest BCUT2D eigenvalue weighted by Crippen LogP contribution is 2.41. The summed E-state index contributed by atoms with van der Waals surface area (Å²) >= 11 is 12.1. The molecule has 3 nitrogen and oxygen atoms in total. The Kier molecular flexibility index (Phi) is 5.24. The van der Waals surface area contributed by atoms with Crippen LogP contribution in [0.3, 0.4) is 0 Å². The highest BCUT2D eigenvalue weighted by Gasteiger charge is 2.32. The molecule has 9 heteroatoms. The number of benzene rings is 1. The molecule has 1 aromatic carbocycles. The van der Waals surface area contributed by atoms with Gasteiger partial charge in [-0.1, -0.05) is 48.8 Å². The molecule has 0 aliphatic heterocycles. The number of aromatic amines is 1. The first-order valence-electron chi connectivity index (χ1n) is 7.02. The van der Waals surface area contributed by atoms with Crippen LogP contribution in [0, 0.1) is 22.8 Å². The molecule has 1 aromatic heterocycles. The Labute approximate surface area is 153 Å². The van der Waals surface area contributed by atoms with E-state index in [4.69, 9.17) is 23.2 Å². The molecule has 0 bridgehead atoms. The molecule has 0 unspecified atom stereocenters. The molecule has 0 aliphatic carbocycles. The third-order valence-corrected chi connectivity index (χ3v) is 4.53. The Hall–Kier alpha value is -1.93. The van der Waals surface area contributed by atoms with Crippen LogP contribution in [0.4, 0.5) is 13.2 Å². The maximum Gasteiger partial charge on any atom is 0.416 e. The summed E-state index contributed by atoms with van der Waals surface area (Å²) in [4.78, 5) is 0. The summed E-state index contributed by atoms with van der Waals surface area (Å²) in [6.45, 7) is 6.05. The third-order valence-electron chi connectivity index (χ3n) is 3.05. The van der Waals surface area contributed by atoms with Gasteiger partial charge in [0.15, 0.2) is 5.69 Å². The van der Waals surface area contributed by atoms with Crippen LogP contribution in [0.5, 0.6) is 0 Å². The van der Waals surface area contributed by atoms with Crippen LogP contribution >= 0.6 is 23.2 Å². The van der Waals surface area contributed by atoms with Gasteiger partial charge in [0.25, 0.3) is 0 Å². The molecular formula is C16H12Cl2F3N3Si. The topological polar surface area (TPSA) is 52.5 Å². The zero-order valence-corrected chi connectivity index (χ0v) is 16.0. The Morgan fingerprint density at radius 2 is 1.72 bits per heavy atom. The molecule has 0 amide bonds. The molecule has 1 heterocycles. The van der Waals surface area contributed by atoms with Gasteiger partial charge in [0, 0.05) is 5.56 Å². The summed E-state index contributed by atoms with van der Waals surface area (Å²) in [5.74, 6) is 2.91. The van der Waals surface area contributed by atoms with E-state index in [0.29, 0.717) is 0 Å². The second kappa shape index (κ2) is 6.76. The zero-order valence-electron chi connectivity index (χ0n) is 13.4. The van der Waals surface area contributed by atoms with Gasteiger partial charge < -0.3 is 0 Å². The number of alkyl halides is 3. The van der Waals surface area contributed by atoms with Gasteiger partial charge in [-0.15, -0.1) is 5.54 Å². The van der Waals surface area contributed by atoms with Crippen LogP contribution in [-0.4, -0.2) is 18.3 Å². The van der Waals surface area contributed by atoms with Gasteiger partial charge in [-0.2, -0.15) is 23.5 Å². The van der Waals surface area contributed by atoms with Crippen molar-refractivity contribution in [3.05, 3.63) is 39.0 Å². The number of hydrogen-bond acceptors (Lipinski definition) is 2. The quantitative estimate of drug-likeness (QED) is 0.506. The molecule has 0 saturated heterocycles. The highest BCUT2D eigenvalue weighted by atomic mass is 35.5. The van der Waals surface area contributed by atoms with Crippen LogP contribution in [0.1, 0.15) is 16.8 Å². The Balaban J connectivity index is 2.70. The van der Waals surface area contributed by atoms with Gasteiger partial charge >= 0.3 is 6.18 Å². The van der Waals surface area contributed by atoms with E-state index < -0.39 is 19.8 Å². The lowest BCUT2D eigenvalue weighted by Gasteiger charge is -2.12. The second-order valence-electron chi connectivity index (χ2n) is 6.25. The molecule has 2 rings (SSSR count). The molecule has 2 aromatic rings. The molecule has 1 N–H and O–H groups in total. The molecule has 130 valence electrons. The second-order valence-corrected chi connectivity index (χ2v) is 11.8. The van der Waals surface area contributed by atoms with Crippen LogP contribution < -0.4 is 0 Å². The molecule has 25 heavy (non-hydrogen) atoms. The van der Waals surface area contributed by atoms with Crippen molar-refractivity contribution in [1.29, 1.82) is 5.26 Å². The van der Waals surface area contributed by atoms with Crippen LogP contribution in [-0.2, 0) is 6.18 Å². The van der Waals surface area contributed by atoms with E-state index in [2.05, 4.69) is 21.7 Å². The first kappa shape index (κ1) is 19.4. The average molecular weight is 402 g/mol. The fourth-order valence-corrected chi connectivity index (χ4v) is 3.13. The van der Waals surface area contributed by atoms with Gasteiger partial charge in [-0.25, -0.2) is 0 Å². The molecule has 0 aliphatic rings. The normalized spacial score (nSPS) is 11.6. The van der Waals surface area contributed by atoms with Gasteiger partial charge in [-0.3, -0.25) is 5.10 Å². The number of nitriles is 1. The van der Waals surface area contributed by atoms with Gasteiger partial charge in [0.1, 0.15) is 14.1 Å². The first-order chi connectivity index (χ1) is 11.4. The van der Waals surface area contributed by atoms with Crippen molar-refractivity contribution in [3.63, 3.8) is 0 Å². The van der Waals surface area contributed by atoms with Crippen LogP contribution in [0.25, 0.3) is 11.3 Å². The Bertz CT molecular complexity index is 902. The van der Waals surface area contributed by atoms with Crippen molar-refractivity contribution in [3.8, 4) is 28.8 Å². The number of H-pyrrole nitrogens is 1. The lowest BCUT2D eigenvalue weighted by molar-refractivity contribution is -0.137. The SMILES string of the molecule is C[Si](C)(C)C#Cc1c(C#N)n[nH]c1-c1c(Cl)cc(C(F)(F)F)cc1Cl. The zero-order chi connectivity index (χ0) is 19.0. The minimum absolute atomic E-state index is 0.0350. The number of nitrogens with zero attached hydrogens (tertiary/aromatic N) is 2. The summed E-state index contributed by atoms with van der Waals surface area (Å²) < 4.78 is 38.6. The monoisotopic (exact) mass is 401 g/mol. The number of hydrogen-bond donors (Lipinski definition) is 1. The summed E-state index contributed by atoms with van der Waals surface area (Å²) in [7, 11) is -1.76. The maximum absolute atomic E-state index is 12.9. The van der Waals surface area contributed by atoms with E-state index in [9.17, 15) is 18.4 Å². The first-order valence-corrected chi connectivity index (χ1v) is 11.3. The van der Waals surface area contributed by atoms with Gasteiger partial charge in [0.2, 0.25) is 0 Å². The smallest absolute Gasteiger partial charge is 0.275 e. The molecule has 0 fully saturated rings. The lowest BCUT2D eigenvalue weighted by atomic mass is 10.0. The van der Waals surface area contributed by atoms with Crippen molar-refractivity contribution < 1.29 is 13.2 Å². The van der Waals surface area contributed by atoms with Crippen molar-refractivity contribution >= 4 is 31.3 Å². The number of rotatable bonds is 1.